The maximum atomic E-state index is 12.4. The Kier molecular flexibility index (Phi) is 8.33. The van der Waals surface area contributed by atoms with Gasteiger partial charge in [-0.25, -0.2) is 9.59 Å². The van der Waals surface area contributed by atoms with Crippen molar-refractivity contribution >= 4 is 17.9 Å². The fraction of sp³-hybridized carbons (Fsp3) is 0.560. The third-order valence-electron chi connectivity index (χ3n) is 6.63. The largest absolute Gasteiger partial charge is 0.497 e. The van der Waals surface area contributed by atoms with E-state index in [9.17, 15) is 19.5 Å². The van der Waals surface area contributed by atoms with Gasteiger partial charge in [-0.1, -0.05) is 31.2 Å². The van der Waals surface area contributed by atoms with Gasteiger partial charge in [-0.3, -0.25) is 4.79 Å². The molecule has 186 valence electrons. The molecule has 0 unspecified atom stereocenters. The molecule has 0 spiro atoms. The van der Waals surface area contributed by atoms with Crippen LogP contribution < -0.4 is 4.74 Å². The molecule has 2 aliphatic rings. The summed E-state index contributed by atoms with van der Waals surface area (Å²) in [6.45, 7) is 8.28. The summed E-state index contributed by atoms with van der Waals surface area (Å²) >= 11 is 0. The number of carbonyl (C=O) groups excluding carboxylic acids is 3. The lowest BCUT2D eigenvalue weighted by Crippen LogP contribution is -2.31. The number of aliphatic hydroxyl groups is 1. The van der Waals surface area contributed by atoms with Gasteiger partial charge < -0.3 is 28.8 Å². The lowest BCUT2D eigenvalue weighted by Gasteiger charge is -2.26. The van der Waals surface area contributed by atoms with Crippen molar-refractivity contribution in [2.45, 2.75) is 45.2 Å². The van der Waals surface area contributed by atoms with Crippen molar-refractivity contribution < 1.29 is 43.2 Å². The standard InChI is InChI=1S/C25H32O9/c1-6-32-23(27)20-19(22(20)34-25(29)24(28)31-5)21(26)18-13(2)11-17(14(18)3)33-12-15-7-9-16(30-4)10-8-15/h7-10,14,17-22,26H,2,6,11-12H2,1,3-5H3/t14-,17+,18-,19+,20-,21+,22-/m1/s1. The van der Waals surface area contributed by atoms with Crippen LogP contribution in [0, 0.1) is 23.7 Å². The van der Waals surface area contributed by atoms with Crippen LogP contribution in [0.1, 0.15) is 25.8 Å². The molecular formula is C25H32O9. The molecule has 0 saturated heterocycles. The molecule has 0 amide bonds. The predicted octanol–water partition coefficient (Wildman–Crippen LogP) is 2.05. The molecule has 34 heavy (non-hydrogen) atoms. The molecule has 3 rings (SSSR count). The first kappa shape index (κ1) is 25.7. The van der Waals surface area contributed by atoms with Crippen LogP contribution in [-0.2, 0) is 39.9 Å². The van der Waals surface area contributed by atoms with E-state index in [-0.39, 0.29) is 24.5 Å². The van der Waals surface area contributed by atoms with E-state index >= 15 is 0 Å². The minimum Gasteiger partial charge on any atom is -0.497 e. The highest BCUT2D eigenvalue weighted by atomic mass is 16.6. The lowest BCUT2D eigenvalue weighted by atomic mass is 9.86. The number of rotatable bonds is 9. The maximum absolute atomic E-state index is 12.4. The Labute approximate surface area is 199 Å². The first-order chi connectivity index (χ1) is 16.2. The second-order valence-electron chi connectivity index (χ2n) is 8.65. The molecule has 1 aromatic rings. The normalized spacial score (nSPS) is 28.7. The van der Waals surface area contributed by atoms with Crippen LogP contribution >= 0.6 is 0 Å². The average molecular weight is 477 g/mol. The average Bonchev–Trinajstić information content (AvgIpc) is 3.47. The number of ether oxygens (including phenoxy) is 5. The minimum atomic E-state index is -1.21. The second-order valence-corrected chi connectivity index (χ2v) is 8.65. The topological polar surface area (TPSA) is 118 Å². The second kappa shape index (κ2) is 11.0. The van der Waals surface area contributed by atoms with E-state index in [0.717, 1.165) is 24.0 Å². The van der Waals surface area contributed by atoms with Gasteiger partial charge in [0.15, 0.2) is 0 Å². The van der Waals surface area contributed by atoms with Gasteiger partial charge in [-0.05, 0) is 37.0 Å². The minimum absolute atomic E-state index is 0.0962. The number of methoxy groups -OCH3 is 2. The molecule has 0 aliphatic heterocycles. The van der Waals surface area contributed by atoms with Gasteiger partial charge in [0.1, 0.15) is 17.8 Å². The van der Waals surface area contributed by atoms with E-state index < -0.39 is 42.0 Å². The maximum Gasteiger partial charge on any atom is 0.417 e. The molecule has 2 aliphatic carbocycles. The molecular weight excluding hydrogens is 444 g/mol. The van der Waals surface area contributed by atoms with Gasteiger partial charge in [-0.2, -0.15) is 0 Å². The van der Waals surface area contributed by atoms with Crippen LogP contribution in [0.2, 0.25) is 0 Å². The van der Waals surface area contributed by atoms with Crippen LogP contribution in [0.4, 0.5) is 0 Å². The van der Waals surface area contributed by atoms with Gasteiger partial charge in [0.25, 0.3) is 0 Å². The van der Waals surface area contributed by atoms with Gasteiger partial charge in [-0.15, -0.1) is 0 Å². The van der Waals surface area contributed by atoms with Crippen LogP contribution in [0.3, 0.4) is 0 Å². The molecule has 9 nitrogen and oxygen atoms in total. The lowest BCUT2D eigenvalue weighted by molar-refractivity contribution is -0.168. The van der Waals surface area contributed by atoms with E-state index in [2.05, 4.69) is 11.3 Å². The molecule has 2 saturated carbocycles. The Morgan fingerprint density at radius 3 is 2.41 bits per heavy atom. The Bertz CT molecular complexity index is 909. The van der Waals surface area contributed by atoms with Crippen LogP contribution in [0.5, 0.6) is 5.75 Å². The number of aliphatic hydroxyl groups excluding tert-OH is 1. The van der Waals surface area contributed by atoms with Crippen molar-refractivity contribution in [2.75, 3.05) is 20.8 Å². The zero-order valence-electron chi connectivity index (χ0n) is 19.9. The highest BCUT2D eigenvalue weighted by Crippen LogP contribution is 2.52. The highest BCUT2D eigenvalue weighted by Gasteiger charge is 2.64. The number of hydrogen-bond acceptors (Lipinski definition) is 9. The molecule has 7 atom stereocenters. The summed E-state index contributed by atoms with van der Waals surface area (Å²) in [6.07, 6.45) is -1.62. The van der Waals surface area contributed by atoms with Gasteiger partial charge in [0.2, 0.25) is 0 Å². The number of hydrogen-bond donors (Lipinski definition) is 1. The summed E-state index contributed by atoms with van der Waals surface area (Å²) in [5, 5.41) is 11.2. The molecule has 1 N–H and O–H groups in total. The summed E-state index contributed by atoms with van der Waals surface area (Å²) in [5.41, 5.74) is 1.79. The number of benzene rings is 1. The van der Waals surface area contributed by atoms with Crippen molar-refractivity contribution in [2.24, 2.45) is 23.7 Å². The molecule has 1 aromatic carbocycles. The Balaban J connectivity index is 1.66. The van der Waals surface area contributed by atoms with Gasteiger partial charge in [0, 0.05) is 11.8 Å². The molecule has 0 radical (unpaired) electrons. The molecule has 2 fully saturated rings. The zero-order valence-corrected chi connectivity index (χ0v) is 19.9. The molecule has 0 aromatic heterocycles. The summed E-state index contributed by atoms with van der Waals surface area (Å²) in [6, 6.07) is 7.57. The van der Waals surface area contributed by atoms with E-state index in [1.54, 1.807) is 14.0 Å². The Morgan fingerprint density at radius 2 is 1.82 bits per heavy atom. The molecule has 0 heterocycles. The van der Waals surface area contributed by atoms with Crippen molar-refractivity contribution in [1.29, 1.82) is 0 Å². The third kappa shape index (κ3) is 5.42. The van der Waals surface area contributed by atoms with Gasteiger partial charge >= 0.3 is 17.9 Å². The third-order valence-corrected chi connectivity index (χ3v) is 6.63. The van der Waals surface area contributed by atoms with Crippen LogP contribution in [-0.4, -0.2) is 62.2 Å². The smallest absolute Gasteiger partial charge is 0.417 e. The first-order valence-electron chi connectivity index (χ1n) is 11.3. The van der Waals surface area contributed by atoms with E-state index in [0.29, 0.717) is 13.0 Å². The number of carbonyl (C=O) groups is 3. The van der Waals surface area contributed by atoms with Crippen molar-refractivity contribution in [1.82, 2.24) is 0 Å². The molecule has 9 heteroatoms. The SMILES string of the molecule is C=C1C[C@H](OCc2ccc(OC)cc2)[C@@H](C)[C@@H]1[C@H](O)[C@H]1[C@@H](OC(=O)C(=O)OC)[C@@H]1C(=O)OCC. The quantitative estimate of drug-likeness (QED) is 0.247. The Hall–Kier alpha value is -2.91. The summed E-state index contributed by atoms with van der Waals surface area (Å²) < 4.78 is 25.9. The Morgan fingerprint density at radius 1 is 1.15 bits per heavy atom. The fourth-order valence-electron chi connectivity index (χ4n) is 4.76. The van der Waals surface area contributed by atoms with E-state index in [4.69, 9.17) is 18.9 Å². The summed E-state index contributed by atoms with van der Waals surface area (Å²) in [4.78, 5) is 35.8. The van der Waals surface area contributed by atoms with Crippen LogP contribution in [0.25, 0.3) is 0 Å². The van der Waals surface area contributed by atoms with Crippen molar-refractivity contribution in [3.05, 3.63) is 42.0 Å². The monoisotopic (exact) mass is 476 g/mol. The van der Waals surface area contributed by atoms with E-state index in [1.807, 2.05) is 31.2 Å². The predicted molar refractivity (Wildman–Crippen MR) is 119 cm³/mol. The van der Waals surface area contributed by atoms with Crippen LogP contribution in [0.15, 0.2) is 36.4 Å². The summed E-state index contributed by atoms with van der Waals surface area (Å²) in [5.74, 6) is -4.25. The number of esters is 3. The zero-order chi connectivity index (χ0) is 25.0. The van der Waals surface area contributed by atoms with E-state index in [1.165, 1.54) is 0 Å². The van der Waals surface area contributed by atoms with Gasteiger partial charge in [0.05, 0.1) is 39.6 Å². The summed E-state index contributed by atoms with van der Waals surface area (Å²) in [7, 11) is 2.66. The van der Waals surface area contributed by atoms with Crippen molar-refractivity contribution in [3.8, 4) is 5.75 Å². The van der Waals surface area contributed by atoms with Crippen molar-refractivity contribution in [3.63, 3.8) is 0 Å². The molecule has 0 bridgehead atoms. The fourth-order valence-corrected chi connectivity index (χ4v) is 4.76. The highest BCUT2D eigenvalue weighted by molar-refractivity contribution is 6.29. The first-order valence-corrected chi connectivity index (χ1v) is 11.3.